The van der Waals surface area contributed by atoms with Crippen LogP contribution in [0, 0.1) is 0 Å². The minimum absolute atomic E-state index is 0.203. The van der Waals surface area contributed by atoms with Crippen LogP contribution in [0.1, 0.15) is 290 Å². The lowest BCUT2D eigenvalue weighted by Crippen LogP contribution is -2.65. The third kappa shape index (κ3) is 38.8. The molecule has 0 radical (unpaired) electrons. The Kier molecular flexibility index (Phi) is 50.2. The maximum atomic E-state index is 13.3. The normalized spacial score (nSPS) is 24.1. The summed E-state index contributed by atoms with van der Waals surface area (Å²) in [5.74, 6) is -0.203. The summed E-state index contributed by atoms with van der Waals surface area (Å²) in [6.45, 7) is 2.79. The summed E-state index contributed by atoms with van der Waals surface area (Å²) in [6.07, 6.45) is 52.6. The van der Waals surface area contributed by atoms with Gasteiger partial charge in [-0.25, -0.2) is 0 Å². The number of unbranched alkanes of at least 4 members (excludes halogenated alkanes) is 35. The zero-order chi connectivity index (χ0) is 60.2. The summed E-state index contributed by atoms with van der Waals surface area (Å²) < 4.78 is 22.9. The molecule has 0 aromatic heterocycles. The number of aliphatic hydroxyl groups is 8. The number of hydrogen-bond acceptors (Lipinski definition) is 13. The minimum Gasteiger partial charge on any atom is -0.394 e. The van der Waals surface area contributed by atoms with E-state index in [9.17, 15) is 45.6 Å². The summed E-state index contributed by atoms with van der Waals surface area (Å²) in [5, 5.41) is 87.6. The fourth-order valence-electron chi connectivity index (χ4n) is 11.3. The molecule has 0 aromatic carbocycles. The third-order valence-corrected chi connectivity index (χ3v) is 16.8. The zero-order valence-corrected chi connectivity index (χ0v) is 52.7. The van der Waals surface area contributed by atoms with Crippen LogP contribution in [-0.4, -0.2) is 140 Å². The molecule has 2 saturated heterocycles. The molecule has 0 aliphatic carbocycles. The molecule has 2 rings (SSSR count). The van der Waals surface area contributed by atoms with Crippen molar-refractivity contribution in [3.05, 3.63) is 48.6 Å². The smallest absolute Gasteiger partial charge is 0.220 e. The first-order valence-electron chi connectivity index (χ1n) is 34.4. The number of carbonyl (C=O) groups is 1. The Morgan fingerprint density at radius 1 is 0.446 bits per heavy atom. The fourth-order valence-corrected chi connectivity index (χ4v) is 11.3. The molecule has 0 saturated carbocycles. The molecule has 14 heteroatoms. The molecule has 9 N–H and O–H groups in total. The second-order valence-electron chi connectivity index (χ2n) is 24.3. The van der Waals surface area contributed by atoms with Crippen LogP contribution >= 0.6 is 0 Å². The largest absolute Gasteiger partial charge is 0.394 e. The van der Waals surface area contributed by atoms with Crippen LogP contribution < -0.4 is 5.32 Å². The van der Waals surface area contributed by atoms with Crippen molar-refractivity contribution in [1.82, 2.24) is 5.32 Å². The number of allylic oxidation sites excluding steroid dienone is 8. The summed E-state index contributed by atoms with van der Waals surface area (Å²) in [7, 11) is 0. The van der Waals surface area contributed by atoms with Crippen LogP contribution in [0.15, 0.2) is 48.6 Å². The molecule has 2 fully saturated rings. The van der Waals surface area contributed by atoms with Crippen molar-refractivity contribution < 1.29 is 64.6 Å². The zero-order valence-electron chi connectivity index (χ0n) is 52.7. The van der Waals surface area contributed by atoms with E-state index < -0.39 is 86.8 Å². The molecular formula is C69H127NO13. The van der Waals surface area contributed by atoms with E-state index in [1.54, 1.807) is 0 Å². The number of rotatable bonds is 56. The van der Waals surface area contributed by atoms with Crippen molar-refractivity contribution in [3.63, 3.8) is 0 Å². The molecule has 2 aliphatic rings. The van der Waals surface area contributed by atoms with Gasteiger partial charge in [-0.05, 0) is 51.4 Å². The molecule has 83 heavy (non-hydrogen) atoms. The van der Waals surface area contributed by atoms with Gasteiger partial charge in [0.2, 0.25) is 5.91 Å². The predicted molar refractivity (Wildman–Crippen MR) is 337 cm³/mol. The molecule has 2 heterocycles. The number of aliphatic hydroxyl groups excluding tert-OH is 8. The lowest BCUT2D eigenvalue weighted by molar-refractivity contribution is -0.359. The van der Waals surface area contributed by atoms with Gasteiger partial charge in [-0.15, -0.1) is 0 Å². The molecule has 12 atom stereocenters. The molecule has 1 amide bonds. The van der Waals surface area contributed by atoms with Crippen LogP contribution in [-0.2, 0) is 23.7 Å². The van der Waals surface area contributed by atoms with E-state index in [2.05, 4.69) is 67.8 Å². The van der Waals surface area contributed by atoms with Crippen molar-refractivity contribution >= 4 is 5.91 Å². The van der Waals surface area contributed by atoms with E-state index >= 15 is 0 Å². The standard InChI is InChI=1S/C69H127NO13/c1-3-5-7-9-11-13-15-17-19-21-23-25-26-27-28-29-30-31-32-33-35-37-39-41-43-45-47-49-51-53-61(74)70-57(58(73)52-50-48-46-44-42-40-38-36-34-24-22-20-18-16-14-12-10-8-6-4-2)56-80-68-66(79)64(77)67(60(55-72)82-68)83-69-65(78)63(76)62(75)59(54-71)81-69/h5,7,11,13,17,19,23,25,57-60,62-69,71-73,75-79H,3-4,6,8-10,12,14-16,18,20-22,24,26-56H2,1-2H3,(H,70,74)/b7-5-,13-11-,19-17-,25-23-. The van der Waals surface area contributed by atoms with Crippen LogP contribution in [0.4, 0.5) is 0 Å². The molecule has 0 bridgehead atoms. The SMILES string of the molecule is CC/C=C\C/C=C\C/C=C\C/C=C\CCCCCCCCCCCCCCCCCCC(=O)NC(COC1OC(CO)C(OC2OC(CO)C(O)C(O)C2O)C(O)C1O)C(O)CCCCCCCCCCCCCCCCCCCCCC. The molecular weight excluding hydrogens is 1050 g/mol. The van der Waals surface area contributed by atoms with Gasteiger partial charge in [-0.2, -0.15) is 0 Å². The predicted octanol–water partition coefficient (Wildman–Crippen LogP) is 13.5. The second-order valence-corrected chi connectivity index (χ2v) is 24.3. The molecule has 0 spiro atoms. The lowest BCUT2D eigenvalue weighted by atomic mass is 9.97. The Bertz CT molecular complexity index is 1580. The summed E-state index contributed by atoms with van der Waals surface area (Å²) in [4.78, 5) is 13.3. The Hall–Kier alpha value is -2.05. The number of amides is 1. The summed E-state index contributed by atoms with van der Waals surface area (Å²) >= 11 is 0. The molecule has 0 aromatic rings. The quantitative estimate of drug-likeness (QED) is 0.0204. The van der Waals surface area contributed by atoms with Crippen molar-refractivity contribution in [2.75, 3.05) is 19.8 Å². The van der Waals surface area contributed by atoms with Gasteiger partial charge in [-0.3, -0.25) is 4.79 Å². The van der Waals surface area contributed by atoms with Crippen LogP contribution in [0.3, 0.4) is 0 Å². The topological polar surface area (TPSA) is 228 Å². The van der Waals surface area contributed by atoms with E-state index in [1.165, 1.54) is 186 Å². The first-order valence-corrected chi connectivity index (χ1v) is 34.4. The van der Waals surface area contributed by atoms with Crippen LogP contribution in [0.5, 0.6) is 0 Å². The van der Waals surface area contributed by atoms with Gasteiger partial charge in [0.15, 0.2) is 12.6 Å². The first-order chi connectivity index (χ1) is 40.6. The van der Waals surface area contributed by atoms with Gasteiger partial charge in [0.25, 0.3) is 0 Å². The maximum absolute atomic E-state index is 13.3. The maximum Gasteiger partial charge on any atom is 0.220 e. The summed E-state index contributed by atoms with van der Waals surface area (Å²) in [6, 6.07) is -0.830. The molecule has 14 nitrogen and oxygen atoms in total. The number of carbonyl (C=O) groups excluding carboxylic acids is 1. The minimum atomic E-state index is -1.78. The molecule has 2 aliphatic heterocycles. The van der Waals surface area contributed by atoms with Crippen LogP contribution in [0.2, 0.25) is 0 Å². The Morgan fingerprint density at radius 2 is 0.831 bits per heavy atom. The Labute approximate surface area is 505 Å². The van der Waals surface area contributed by atoms with E-state index in [0.717, 1.165) is 77.0 Å². The van der Waals surface area contributed by atoms with Gasteiger partial charge in [-0.1, -0.05) is 281 Å². The highest BCUT2D eigenvalue weighted by atomic mass is 16.7. The molecule has 12 unspecified atom stereocenters. The second kappa shape index (κ2) is 54.1. The lowest BCUT2D eigenvalue weighted by Gasteiger charge is -2.46. The van der Waals surface area contributed by atoms with Crippen molar-refractivity contribution in [1.29, 1.82) is 0 Å². The highest BCUT2D eigenvalue weighted by Gasteiger charge is 2.51. The van der Waals surface area contributed by atoms with Gasteiger partial charge in [0.1, 0.15) is 48.8 Å². The van der Waals surface area contributed by atoms with Crippen molar-refractivity contribution in [2.24, 2.45) is 0 Å². The highest BCUT2D eigenvalue weighted by Crippen LogP contribution is 2.30. The number of nitrogens with one attached hydrogen (secondary N) is 1. The van der Waals surface area contributed by atoms with Gasteiger partial charge in [0, 0.05) is 6.42 Å². The van der Waals surface area contributed by atoms with Gasteiger partial charge >= 0.3 is 0 Å². The monoisotopic (exact) mass is 1180 g/mol. The first kappa shape index (κ1) is 77.0. The van der Waals surface area contributed by atoms with Crippen LogP contribution in [0.25, 0.3) is 0 Å². The third-order valence-electron chi connectivity index (χ3n) is 16.8. The van der Waals surface area contributed by atoms with E-state index in [4.69, 9.17) is 18.9 Å². The average molecular weight is 1180 g/mol. The van der Waals surface area contributed by atoms with Gasteiger partial charge in [0.05, 0.1) is 32.0 Å². The highest BCUT2D eigenvalue weighted by molar-refractivity contribution is 5.76. The number of hydrogen-bond donors (Lipinski definition) is 9. The Balaban J connectivity index is 1.66. The summed E-state index contributed by atoms with van der Waals surface area (Å²) in [5.41, 5.74) is 0. The van der Waals surface area contributed by atoms with E-state index in [1.807, 2.05) is 0 Å². The van der Waals surface area contributed by atoms with E-state index in [0.29, 0.717) is 12.8 Å². The van der Waals surface area contributed by atoms with Gasteiger partial charge < -0.3 is 65.1 Å². The number of ether oxygens (including phenoxy) is 4. The van der Waals surface area contributed by atoms with Crippen molar-refractivity contribution in [3.8, 4) is 0 Å². The van der Waals surface area contributed by atoms with Crippen molar-refractivity contribution in [2.45, 2.75) is 364 Å². The average Bonchev–Trinajstić information content (AvgIpc) is 3.65. The molecule has 486 valence electrons. The fraction of sp³-hybridized carbons (Fsp3) is 0.870. The Morgan fingerprint density at radius 3 is 1.28 bits per heavy atom. The van der Waals surface area contributed by atoms with E-state index in [-0.39, 0.29) is 12.5 Å².